The third-order valence-corrected chi connectivity index (χ3v) is 5.29. The minimum Gasteiger partial charge on any atom is -0.381 e. The minimum atomic E-state index is -3.64. The summed E-state index contributed by atoms with van der Waals surface area (Å²) in [6, 6.07) is 5.14. The first kappa shape index (κ1) is 13.8. The Morgan fingerprint density at radius 2 is 2.06 bits per heavy atom. The van der Waals surface area contributed by atoms with Gasteiger partial charge in [0, 0.05) is 16.2 Å². The van der Waals surface area contributed by atoms with Crippen molar-refractivity contribution in [2.24, 2.45) is 10.6 Å². The smallest absolute Gasteiger partial charge is 0.238 e. The van der Waals surface area contributed by atoms with E-state index >= 15 is 0 Å². The van der Waals surface area contributed by atoms with Crippen molar-refractivity contribution in [3.63, 3.8) is 0 Å². The Labute approximate surface area is 116 Å². The van der Waals surface area contributed by atoms with Gasteiger partial charge < -0.3 is 5.32 Å². The fraction of sp³-hybridized carbons (Fsp3) is 0.500. The largest absolute Gasteiger partial charge is 0.381 e. The van der Waals surface area contributed by atoms with Crippen molar-refractivity contribution in [2.75, 3.05) is 5.32 Å². The molecule has 1 unspecified atom stereocenters. The summed E-state index contributed by atoms with van der Waals surface area (Å²) in [4.78, 5) is 0.116. The highest BCUT2D eigenvalue weighted by molar-refractivity contribution is 9.10. The number of benzene rings is 1. The molecule has 0 saturated heterocycles. The van der Waals surface area contributed by atoms with Crippen LogP contribution in [0.25, 0.3) is 0 Å². The Morgan fingerprint density at radius 3 is 2.50 bits per heavy atom. The Kier molecular flexibility index (Phi) is 3.46. The van der Waals surface area contributed by atoms with Crippen LogP contribution in [0.1, 0.15) is 26.7 Å². The highest BCUT2D eigenvalue weighted by atomic mass is 79.9. The van der Waals surface area contributed by atoms with E-state index in [9.17, 15) is 8.42 Å². The fourth-order valence-corrected chi connectivity index (χ4v) is 3.01. The van der Waals surface area contributed by atoms with Crippen LogP contribution in [0.5, 0.6) is 0 Å². The second-order valence-electron chi connectivity index (χ2n) is 5.21. The minimum absolute atomic E-state index is 0.116. The molecule has 100 valence electrons. The second kappa shape index (κ2) is 4.51. The highest BCUT2D eigenvalue weighted by Gasteiger charge is 2.42. The molecule has 1 aromatic carbocycles. The van der Waals surface area contributed by atoms with Crippen LogP contribution in [0.15, 0.2) is 27.6 Å². The van der Waals surface area contributed by atoms with Crippen LogP contribution >= 0.6 is 15.9 Å². The normalized spacial score (nSPS) is 19.3. The first-order valence-corrected chi connectivity index (χ1v) is 8.15. The van der Waals surface area contributed by atoms with Gasteiger partial charge in [-0.1, -0.05) is 6.92 Å². The quantitative estimate of drug-likeness (QED) is 0.890. The lowest BCUT2D eigenvalue weighted by molar-refractivity contribution is 0.493. The van der Waals surface area contributed by atoms with Gasteiger partial charge in [0.15, 0.2) is 0 Å². The molecule has 2 rings (SSSR count). The van der Waals surface area contributed by atoms with Gasteiger partial charge >= 0.3 is 0 Å². The summed E-state index contributed by atoms with van der Waals surface area (Å²) >= 11 is 3.37. The second-order valence-corrected chi connectivity index (χ2v) is 7.62. The van der Waals surface area contributed by atoms with Crippen molar-refractivity contribution >= 4 is 31.6 Å². The van der Waals surface area contributed by atoms with E-state index in [2.05, 4.69) is 35.1 Å². The molecule has 0 spiro atoms. The van der Waals surface area contributed by atoms with Crippen molar-refractivity contribution in [3.05, 3.63) is 22.7 Å². The monoisotopic (exact) mass is 332 g/mol. The van der Waals surface area contributed by atoms with Crippen LogP contribution in [-0.2, 0) is 10.0 Å². The Balaban J connectivity index is 2.20. The maximum absolute atomic E-state index is 11.2. The van der Waals surface area contributed by atoms with Crippen LogP contribution < -0.4 is 10.5 Å². The molecule has 3 N–H and O–H groups in total. The summed E-state index contributed by atoms with van der Waals surface area (Å²) < 4.78 is 23.2. The van der Waals surface area contributed by atoms with Crippen LogP contribution in [0.3, 0.4) is 0 Å². The molecule has 1 saturated carbocycles. The van der Waals surface area contributed by atoms with Crippen molar-refractivity contribution in [1.82, 2.24) is 0 Å². The Hall–Kier alpha value is -0.590. The first-order chi connectivity index (χ1) is 8.22. The maximum atomic E-state index is 11.2. The zero-order valence-electron chi connectivity index (χ0n) is 10.4. The summed E-state index contributed by atoms with van der Waals surface area (Å²) in [6.07, 6.45) is 2.46. The Morgan fingerprint density at radius 1 is 1.44 bits per heavy atom. The first-order valence-electron chi connectivity index (χ1n) is 5.81. The van der Waals surface area contributed by atoms with Gasteiger partial charge in [-0.25, -0.2) is 13.6 Å². The van der Waals surface area contributed by atoms with Crippen molar-refractivity contribution in [2.45, 2.75) is 37.6 Å². The number of hydrogen-bond acceptors (Lipinski definition) is 3. The zero-order valence-corrected chi connectivity index (χ0v) is 12.8. The van der Waals surface area contributed by atoms with E-state index in [0.29, 0.717) is 15.9 Å². The summed E-state index contributed by atoms with van der Waals surface area (Å²) in [7, 11) is -3.64. The zero-order chi connectivity index (χ0) is 13.6. The SMILES string of the molecule is CC(Nc1ccc(S(N)(=O)=O)cc1Br)C1(C)CC1. The van der Waals surface area contributed by atoms with Gasteiger partial charge in [0.25, 0.3) is 0 Å². The van der Waals surface area contributed by atoms with Gasteiger partial charge in [-0.15, -0.1) is 0 Å². The van der Waals surface area contributed by atoms with Crippen LogP contribution in [-0.4, -0.2) is 14.5 Å². The summed E-state index contributed by atoms with van der Waals surface area (Å²) in [6.45, 7) is 4.39. The van der Waals surface area contributed by atoms with Crippen LogP contribution in [0, 0.1) is 5.41 Å². The molecule has 1 aliphatic rings. The van der Waals surface area contributed by atoms with E-state index in [1.54, 1.807) is 6.07 Å². The molecule has 0 aliphatic heterocycles. The third-order valence-electron chi connectivity index (χ3n) is 3.73. The topological polar surface area (TPSA) is 72.2 Å². The molecule has 0 amide bonds. The van der Waals surface area contributed by atoms with E-state index in [1.807, 2.05) is 0 Å². The average Bonchev–Trinajstić information content (AvgIpc) is 2.99. The van der Waals surface area contributed by atoms with Crippen LogP contribution in [0.4, 0.5) is 5.69 Å². The van der Waals surface area contributed by atoms with E-state index in [0.717, 1.165) is 5.69 Å². The average molecular weight is 333 g/mol. The number of rotatable bonds is 4. The lowest BCUT2D eigenvalue weighted by Crippen LogP contribution is -2.25. The van der Waals surface area contributed by atoms with E-state index < -0.39 is 10.0 Å². The third kappa shape index (κ3) is 2.87. The van der Waals surface area contributed by atoms with Gasteiger partial charge in [-0.05, 0) is 59.3 Å². The number of primary sulfonamides is 1. The molecule has 0 heterocycles. The van der Waals surface area contributed by atoms with Gasteiger partial charge in [-0.2, -0.15) is 0 Å². The van der Waals surface area contributed by atoms with Crippen molar-refractivity contribution in [3.8, 4) is 0 Å². The molecular weight excluding hydrogens is 316 g/mol. The molecule has 18 heavy (non-hydrogen) atoms. The van der Waals surface area contributed by atoms with Gasteiger partial charge in [0.2, 0.25) is 10.0 Å². The van der Waals surface area contributed by atoms with Crippen LogP contribution in [0.2, 0.25) is 0 Å². The molecule has 0 bridgehead atoms. The molecule has 1 aliphatic carbocycles. The molecule has 4 nitrogen and oxygen atoms in total. The highest BCUT2D eigenvalue weighted by Crippen LogP contribution is 2.49. The van der Waals surface area contributed by atoms with Gasteiger partial charge in [-0.3, -0.25) is 0 Å². The fourth-order valence-electron chi connectivity index (χ4n) is 1.83. The standard InChI is InChI=1S/C12H17BrN2O2S/c1-8(12(2)5-6-12)15-11-4-3-9(7-10(11)13)18(14,16)17/h3-4,7-8,15H,5-6H2,1-2H3,(H2,14,16,17). The maximum Gasteiger partial charge on any atom is 0.238 e. The lowest BCUT2D eigenvalue weighted by Gasteiger charge is -2.22. The molecular formula is C12H17BrN2O2S. The number of halogens is 1. The molecule has 1 atom stereocenters. The van der Waals surface area contributed by atoms with E-state index in [-0.39, 0.29) is 4.90 Å². The molecule has 0 radical (unpaired) electrons. The number of sulfonamides is 1. The number of nitrogens with one attached hydrogen (secondary N) is 1. The summed E-state index contributed by atoms with van der Waals surface area (Å²) in [5, 5.41) is 8.50. The number of anilines is 1. The lowest BCUT2D eigenvalue weighted by atomic mass is 10.0. The Bertz CT molecular complexity index is 567. The van der Waals surface area contributed by atoms with Gasteiger partial charge in [0.05, 0.1) is 4.90 Å². The van der Waals surface area contributed by atoms with Crippen molar-refractivity contribution in [1.29, 1.82) is 0 Å². The summed E-state index contributed by atoms with van der Waals surface area (Å²) in [5.74, 6) is 0. The predicted molar refractivity (Wildman–Crippen MR) is 75.9 cm³/mol. The summed E-state index contributed by atoms with van der Waals surface area (Å²) in [5.41, 5.74) is 1.25. The number of hydrogen-bond donors (Lipinski definition) is 2. The molecule has 6 heteroatoms. The number of nitrogens with two attached hydrogens (primary N) is 1. The molecule has 0 aromatic heterocycles. The molecule has 1 aromatic rings. The van der Waals surface area contributed by atoms with E-state index in [1.165, 1.54) is 25.0 Å². The van der Waals surface area contributed by atoms with E-state index in [4.69, 9.17) is 5.14 Å². The van der Waals surface area contributed by atoms with Crippen molar-refractivity contribution < 1.29 is 8.42 Å². The predicted octanol–water partition coefficient (Wildman–Crippen LogP) is 2.70. The molecule has 1 fully saturated rings. The van der Waals surface area contributed by atoms with Gasteiger partial charge in [0.1, 0.15) is 0 Å².